The second-order valence-corrected chi connectivity index (χ2v) is 16.6. The van der Waals surface area contributed by atoms with Crippen LogP contribution >= 0.6 is 0 Å². The first-order chi connectivity index (χ1) is 22.2. The number of rotatable bonds is 13. The number of urea groups is 1. The molecular formula is C36H61N5O7. The second kappa shape index (κ2) is 15.6. The molecule has 48 heavy (non-hydrogen) atoms. The van der Waals surface area contributed by atoms with E-state index in [0.29, 0.717) is 25.9 Å². The molecule has 3 aliphatic rings. The number of piperidine rings is 1. The third-order valence-corrected chi connectivity index (χ3v) is 10.3. The highest BCUT2D eigenvalue weighted by molar-refractivity contribution is 6.38. The average Bonchev–Trinajstić information content (AvgIpc) is 3.30. The summed E-state index contributed by atoms with van der Waals surface area (Å²) in [5.41, 5.74) is -1.60. The van der Waals surface area contributed by atoms with Gasteiger partial charge in [-0.15, -0.1) is 0 Å². The third-order valence-electron chi connectivity index (χ3n) is 10.3. The Morgan fingerprint density at radius 2 is 1.52 bits per heavy atom. The number of amides is 5. The van der Waals surface area contributed by atoms with Gasteiger partial charge in [0, 0.05) is 13.1 Å². The van der Waals surface area contributed by atoms with E-state index in [1.54, 1.807) is 32.6 Å². The molecule has 0 aromatic carbocycles. The lowest BCUT2D eigenvalue weighted by atomic mass is 9.83. The number of nitrogens with one attached hydrogen (secondary N) is 4. The predicted molar refractivity (Wildman–Crippen MR) is 183 cm³/mol. The molecule has 0 bridgehead atoms. The Kier molecular flexibility index (Phi) is 12.7. The largest absolute Gasteiger partial charge is 0.458 e. The molecule has 4 N–H and O–H groups in total. The Hall–Kier alpha value is -3.18. The molecule has 0 spiro atoms. The SMILES string of the molecule is CCCCC(NC(=O)[C@@H]1[C@@H]2[C@H](CN1C(=O)[C@@H](NC(=O)N[C@H](C(=O)OC(C)(C)C)C(C)(C)C)C1CCCCC1)C2(C)C)C(=O)C(=O)NCC. The Morgan fingerprint density at radius 3 is 2.06 bits per heavy atom. The first-order valence-electron chi connectivity index (χ1n) is 18.0. The van der Waals surface area contributed by atoms with Crippen LogP contribution in [0, 0.1) is 28.6 Å². The number of fused-ring (bicyclic) bond motifs is 1. The molecule has 12 nitrogen and oxygen atoms in total. The van der Waals surface area contributed by atoms with Crippen molar-refractivity contribution in [2.45, 2.75) is 150 Å². The van der Waals surface area contributed by atoms with Gasteiger partial charge in [-0.2, -0.15) is 0 Å². The molecule has 1 unspecified atom stereocenters. The van der Waals surface area contributed by atoms with Gasteiger partial charge in [-0.1, -0.05) is 73.6 Å². The molecule has 2 saturated carbocycles. The van der Waals surface area contributed by atoms with Crippen LogP contribution in [-0.4, -0.2) is 83.3 Å². The topological polar surface area (TPSA) is 163 Å². The van der Waals surface area contributed by atoms with Crippen LogP contribution in [0.1, 0.15) is 121 Å². The molecule has 6 atom stereocenters. The first-order valence-corrected chi connectivity index (χ1v) is 18.0. The summed E-state index contributed by atoms with van der Waals surface area (Å²) in [7, 11) is 0. The number of unbranched alkanes of at least 4 members (excludes halogenated alkanes) is 1. The van der Waals surface area contributed by atoms with Crippen LogP contribution < -0.4 is 21.3 Å². The molecule has 272 valence electrons. The Balaban J connectivity index is 1.88. The first kappa shape index (κ1) is 39.3. The maximum atomic E-state index is 14.5. The zero-order chi connectivity index (χ0) is 36.2. The number of hydrogen-bond donors (Lipinski definition) is 4. The molecule has 1 aliphatic heterocycles. The number of esters is 1. The van der Waals surface area contributed by atoms with Crippen LogP contribution in [0.4, 0.5) is 4.79 Å². The van der Waals surface area contributed by atoms with Gasteiger partial charge in [-0.25, -0.2) is 9.59 Å². The number of hydrogen-bond acceptors (Lipinski definition) is 7. The highest BCUT2D eigenvalue weighted by atomic mass is 16.6. The van der Waals surface area contributed by atoms with Crippen molar-refractivity contribution in [2.75, 3.05) is 13.1 Å². The van der Waals surface area contributed by atoms with Crippen LogP contribution in [0.2, 0.25) is 0 Å². The highest BCUT2D eigenvalue weighted by Crippen LogP contribution is 2.65. The summed E-state index contributed by atoms with van der Waals surface area (Å²) in [4.78, 5) is 82.5. The van der Waals surface area contributed by atoms with E-state index >= 15 is 0 Å². The van der Waals surface area contributed by atoms with Crippen LogP contribution in [0.15, 0.2) is 0 Å². The van der Waals surface area contributed by atoms with Crippen molar-refractivity contribution in [1.29, 1.82) is 0 Å². The van der Waals surface area contributed by atoms with Crippen molar-refractivity contribution in [3.05, 3.63) is 0 Å². The summed E-state index contributed by atoms with van der Waals surface area (Å²) in [6, 6.07) is -4.37. The van der Waals surface area contributed by atoms with Crippen LogP contribution in [0.5, 0.6) is 0 Å². The predicted octanol–water partition coefficient (Wildman–Crippen LogP) is 3.85. The summed E-state index contributed by atoms with van der Waals surface area (Å²) in [5, 5.41) is 11.1. The zero-order valence-corrected chi connectivity index (χ0v) is 30.9. The van der Waals surface area contributed by atoms with Crippen molar-refractivity contribution in [3.8, 4) is 0 Å². The van der Waals surface area contributed by atoms with Crippen molar-refractivity contribution in [1.82, 2.24) is 26.2 Å². The minimum Gasteiger partial charge on any atom is -0.458 e. The van der Waals surface area contributed by atoms with E-state index in [0.717, 1.165) is 38.5 Å². The number of carbonyl (C=O) groups is 6. The van der Waals surface area contributed by atoms with Gasteiger partial charge in [-0.3, -0.25) is 19.2 Å². The van der Waals surface area contributed by atoms with Gasteiger partial charge in [0.05, 0.1) is 6.04 Å². The van der Waals surface area contributed by atoms with Crippen LogP contribution in [0.3, 0.4) is 0 Å². The zero-order valence-electron chi connectivity index (χ0n) is 30.9. The molecule has 1 saturated heterocycles. The lowest BCUT2D eigenvalue weighted by Gasteiger charge is -2.38. The molecule has 5 amide bonds. The van der Waals surface area contributed by atoms with Gasteiger partial charge in [-0.05, 0) is 75.5 Å². The van der Waals surface area contributed by atoms with Crippen LogP contribution in [-0.2, 0) is 28.7 Å². The fourth-order valence-electron chi connectivity index (χ4n) is 7.48. The lowest BCUT2D eigenvalue weighted by molar-refractivity contribution is -0.160. The van der Waals surface area contributed by atoms with Crippen molar-refractivity contribution >= 4 is 35.5 Å². The van der Waals surface area contributed by atoms with E-state index < -0.39 is 64.8 Å². The Morgan fingerprint density at radius 1 is 0.896 bits per heavy atom. The summed E-state index contributed by atoms with van der Waals surface area (Å²) in [6.45, 7) is 19.3. The number of ether oxygens (including phenoxy) is 1. The molecular weight excluding hydrogens is 614 g/mol. The normalized spacial score (nSPS) is 24.0. The van der Waals surface area contributed by atoms with E-state index in [2.05, 4.69) is 35.1 Å². The lowest BCUT2D eigenvalue weighted by Crippen LogP contribution is -2.62. The third kappa shape index (κ3) is 9.49. The maximum Gasteiger partial charge on any atom is 0.329 e. The standard InChI is InChI=1S/C36H61N5O7/c1-11-13-19-23(27(42)30(44)37-12-2)38-29(43)26-24-22(36(24,9)10)20-41(26)31(45)25(21-17-15-14-16-18-21)39-33(47)40-28(34(3,4)5)32(46)48-35(6,7)8/h21-26,28H,11-20H2,1-10H3,(H,37,44)(H,38,43)(H2,39,40,47)/t22-,23?,24-,25-,26-,28+/m0/s1. The number of ketones is 1. The smallest absolute Gasteiger partial charge is 0.329 e. The number of Topliss-reactive ketones (excluding diaryl/α,β-unsaturated/α-hetero) is 1. The van der Waals surface area contributed by atoms with E-state index in [9.17, 15) is 28.8 Å². The van der Waals surface area contributed by atoms with E-state index in [1.165, 1.54) is 0 Å². The van der Waals surface area contributed by atoms with Crippen LogP contribution in [0.25, 0.3) is 0 Å². The van der Waals surface area contributed by atoms with Crippen molar-refractivity contribution < 1.29 is 33.5 Å². The average molecular weight is 676 g/mol. The van der Waals surface area contributed by atoms with E-state index in [4.69, 9.17) is 4.74 Å². The molecule has 12 heteroatoms. The Bertz CT molecular complexity index is 1210. The number of likely N-dealkylation sites (tertiary alicyclic amines) is 1. The summed E-state index contributed by atoms with van der Waals surface area (Å²) >= 11 is 0. The molecule has 1 heterocycles. The number of likely N-dealkylation sites (N-methyl/N-ethyl adjacent to an activating group) is 1. The summed E-state index contributed by atoms with van der Waals surface area (Å²) < 4.78 is 5.60. The fraction of sp³-hybridized carbons (Fsp3) is 0.833. The quantitative estimate of drug-likeness (QED) is 0.170. The van der Waals surface area contributed by atoms with Crippen molar-refractivity contribution in [2.24, 2.45) is 28.6 Å². The van der Waals surface area contributed by atoms with Gasteiger partial charge in [0.25, 0.3) is 5.91 Å². The Labute approximate surface area is 287 Å². The fourth-order valence-corrected chi connectivity index (χ4v) is 7.48. The molecule has 0 radical (unpaired) electrons. The molecule has 3 rings (SSSR count). The minimum absolute atomic E-state index is 0.0867. The summed E-state index contributed by atoms with van der Waals surface area (Å²) in [5.74, 6) is -2.97. The van der Waals surface area contributed by atoms with Gasteiger partial charge >= 0.3 is 12.0 Å². The molecule has 2 aliphatic carbocycles. The highest BCUT2D eigenvalue weighted by Gasteiger charge is 2.69. The van der Waals surface area contributed by atoms with E-state index in [-0.39, 0.29) is 29.1 Å². The monoisotopic (exact) mass is 675 g/mol. The van der Waals surface area contributed by atoms with Gasteiger partial charge < -0.3 is 30.9 Å². The molecule has 0 aromatic rings. The number of carbonyl (C=O) groups excluding carboxylic acids is 6. The molecule has 3 fully saturated rings. The van der Waals surface area contributed by atoms with Gasteiger partial charge in [0.2, 0.25) is 17.6 Å². The maximum absolute atomic E-state index is 14.5. The summed E-state index contributed by atoms with van der Waals surface area (Å²) in [6.07, 6.45) is 6.11. The van der Waals surface area contributed by atoms with Gasteiger partial charge in [0.15, 0.2) is 0 Å². The van der Waals surface area contributed by atoms with Crippen molar-refractivity contribution in [3.63, 3.8) is 0 Å². The minimum atomic E-state index is -0.998. The second-order valence-electron chi connectivity index (χ2n) is 16.6. The number of nitrogens with zero attached hydrogens (tertiary/aromatic N) is 1. The van der Waals surface area contributed by atoms with E-state index in [1.807, 2.05) is 27.7 Å². The van der Waals surface area contributed by atoms with Gasteiger partial charge in [0.1, 0.15) is 23.7 Å². The molecule has 0 aromatic heterocycles.